The molecule has 0 bridgehead atoms. The minimum Gasteiger partial charge on any atom is -0.325 e. The number of hydrogen-bond acceptors (Lipinski definition) is 3. The van der Waals surface area contributed by atoms with Gasteiger partial charge in [0, 0.05) is 16.6 Å². The van der Waals surface area contributed by atoms with Crippen LogP contribution < -0.4 is 10.0 Å². The van der Waals surface area contributed by atoms with Gasteiger partial charge in [-0.3, -0.25) is 9.52 Å². The molecule has 0 aromatic heterocycles. The number of anilines is 2. The molecule has 3 rings (SSSR count). The van der Waals surface area contributed by atoms with E-state index in [2.05, 4.69) is 26.0 Å². The van der Waals surface area contributed by atoms with Crippen LogP contribution in [0.4, 0.5) is 11.4 Å². The summed E-state index contributed by atoms with van der Waals surface area (Å²) in [6.07, 6.45) is 0.875. The normalized spacial score (nSPS) is 14.0. The first-order chi connectivity index (χ1) is 11.3. The molecule has 0 spiro atoms. The number of rotatable bonds is 3. The second-order valence-electron chi connectivity index (χ2n) is 5.89. The molecule has 1 amide bonds. The van der Waals surface area contributed by atoms with Crippen molar-refractivity contribution in [2.24, 2.45) is 0 Å². The topological polar surface area (TPSA) is 75.3 Å². The zero-order chi connectivity index (χ0) is 17.5. The van der Waals surface area contributed by atoms with Crippen LogP contribution >= 0.6 is 15.9 Å². The Bertz CT molecular complexity index is 939. The standard InChI is InChI=1S/C17H17BrN2O3S/c1-10-3-5-14(7-11(10)2)20-24(22,23)15-9-13(18)8-12-4-6-16(21)19-17(12)15/h3,5,7-9,20H,4,6H2,1-2H3,(H,19,21). The molecule has 1 aliphatic heterocycles. The highest BCUT2D eigenvalue weighted by atomic mass is 79.9. The van der Waals surface area contributed by atoms with Crippen LogP contribution in [-0.2, 0) is 21.2 Å². The van der Waals surface area contributed by atoms with Gasteiger partial charge in [0.05, 0.1) is 5.69 Å². The number of halogens is 1. The largest absolute Gasteiger partial charge is 0.325 e. The van der Waals surface area contributed by atoms with Gasteiger partial charge in [0.15, 0.2) is 0 Å². The van der Waals surface area contributed by atoms with Gasteiger partial charge in [-0.1, -0.05) is 22.0 Å². The molecule has 0 unspecified atom stereocenters. The van der Waals surface area contributed by atoms with Crippen LogP contribution in [0.5, 0.6) is 0 Å². The van der Waals surface area contributed by atoms with Gasteiger partial charge in [-0.05, 0) is 61.2 Å². The number of nitrogens with one attached hydrogen (secondary N) is 2. The zero-order valence-electron chi connectivity index (χ0n) is 13.3. The molecule has 0 saturated carbocycles. The van der Waals surface area contributed by atoms with E-state index < -0.39 is 10.0 Å². The second-order valence-corrected chi connectivity index (χ2v) is 8.46. The van der Waals surface area contributed by atoms with Gasteiger partial charge in [-0.2, -0.15) is 0 Å². The van der Waals surface area contributed by atoms with Crippen LogP contribution in [0.2, 0.25) is 0 Å². The summed E-state index contributed by atoms with van der Waals surface area (Å²) >= 11 is 3.35. The van der Waals surface area contributed by atoms with E-state index in [1.54, 1.807) is 12.1 Å². The predicted octanol–water partition coefficient (Wildman–Crippen LogP) is 3.75. The molecule has 2 aromatic carbocycles. The molecule has 1 heterocycles. The minimum absolute atomic E-state index is 0.0677. The number of fused-ring (bicyclic) bond motifs is 1. The van der Waals surface area contributed by atoms with Crippen molar-refractivity contribution in [1.29, 1.82) is 0 Å². The van der Waals surface area contributed by atoms with Gasteiger partial charge in [-0.25, -0.2) is 8.42 Å². The third-order valence-corrected chi connectivity index (χ3v) is 5.95. The number of carbonyl (C=O) groups excluding carboxylic acids is 1. The first-order valence-corrected chi connectivity index (χ1v) is 9.76. The maximum atomic E-state index is 12.8. The fraction of sp³-hybridized carbons (Fsp3) is 0.235. The van der Waals surface area contributed by atoms with E-state index >= 15 is 0 Å². The Balaban J connectivity index is 2.05. The molecule has 2 aromatic rings. The molecule has 0 aliphatic carbocycles. The van der Waals surface area contributed by atoms with Crippen molar-refractivity contribution in [2.45, 2.75) is 31.6 Å². The van der Waals surface area contributed by atoms with Crippen molar-refractivity contribution in [3.63, 3.8) is 0 Å². The summed E-state index contributed by atoms with van der Waals surface area (Å²) in [5.74, 6) is -0.174. The number of carbonyl (C=O) groups is 1. The average Bonchev–Trinajstić information content (AvgIpc) is 2.50. The van der Waals surface area contributed by atoms with Crippen molar-refractivity contribution in [2.75, 3.05) is 10.0 Å². The smallest absolute Gasteiger partial charge is 0.264 e. The fourth-order valence-electron chi connectivity index (χ4n) is 2.65. The van der Waals surface area contributed by atoms with E-state index in [0.29, 0.717) is 28.7 Å². The van der Waals surface area contributed by atoms with Crippen molar-refractivity contribution in [3.05, 3.63) is 51.5 Å². The summed E-state index contributed by atoms with van der Waals surface area (Å²) in [7, 11) is -3.83. The number of aryl methyl sites for hydroxylation is 3. The number of hydrogen-bond donors (Lipinski definition) is 2. The van der Waals surface area contributed by atoms with E-state index in [9.17, 15) is 13.2 Å². The summed E-state index contributed by atoms with van der Waals surface area (Å²) in [6, 6.07) is 8.72. The van der Waals surface area contributed by atoms with E-state index in [0.717, 1.165) is 16.7 Å². The highest BCUT2D eigenvalue weighted by Gasteiger charge is 2.26. The third kappa shape index (κ3) is 3.32. The first kappa shape index (κ1) is 17.0. The van der Waals surface area contributed by atoms with Gasteiger partial charge < -0.3 is 5.32 Å². The molecule has 126 valence electrons. The predicted molar refractivity (Wildman–Crippen MR) is 97.8 cm³/mol. The second kappa shape index (κ2) is 6.22. The van der Waals surface area contributed by atoms with Crippen molar-refractivity contribution in [3.8, 4) is 0 Å². The first-order valence-electron chi connectivity index (χ1n) is 7.48. The molecule has 0 radical (unpaired) electrons. The molecule has 1 aliphatic rings. The van der Waals surface area contributed by atoms with Crippen LogP contribution in [0.15, 0.2) is 39.7 Å². The van der Waals surface area contributed by atoms with E-state index in [-0.39, 0.29) is 10.8 Å². The van der Waals surface area contributed by atoms with E-state index in [4.69, 9.17) is 0 Å². The van der Waals surface area contributed by atoms with Gasteiger partial charge >= 0.3 is 0 Å². The SMILES string of the molecule is Cc1ccc(NS(=O)(=O)c2cc(Br)cc3c2NC(=O)CC3)cc1C. The molecule has 2 N–H and O–H groups in total. The lowest BCUT2D eigenvalue weighted by atomic mass is 10.0. The van der Waals surface area contributed by atoms with Crippen LogP contribution in [0.1, 0.15) is 23.1 Å². The number of benzene rings is 2. The average molecular weight is 409 g/mol. The summed E-state index contributed by atoms with van der Waals surface area (Å²) in [5.41, 5.74) is 3.76. The van der Waals surface area contributed by atoms with Gasteiger partial charge in [0.25, 0.3) is 10.0 Å². The van der Waals surface area contributed by atoms with Crippen LogP contribution in [0.3, 0.4) is 0 Å². The molecular weight excluding hydrogens is 392 g/mol. The Kier molecular flexibility index (Phi) is 4.40. The summed E-state index contributed by atoms with van der Waals surface area (Å²) in [6.45, 7) is 3.89. The third-order valence-electron chi connectivity index (χ3n) is 4.08. The molecular formula is C17H17BrN2O3S. The van der Waals surface area contributed by atoms with Crippen molar-refractivity contribution < 1.29 is 13.2 Å². The van der Waals surface area contributed by atoms with Gasteiger partial charge in [-0.15, -0.1) is 0 Å². The molecule has 7 heteroatoms. The molecule has 0 fully saturated rings. The lowest BCUT2D eigenvalue weighted by molar-refractivity contribution is -0.116. The summed E-state index contributed by atoms with van der Waals surface area (Å²) in [4.78, 5) is 11.8. The number of sulfonamides is 1. The van der Waals surface area contributed by atoms with Crippen LogP contribution in [0, 0.1) is 13.8 Å². The molecule has 24 heavy (non-hydrogen) atoms. The maximum Gasteiger partial charge on any atom is 0.264 e. The maximum absolute atomic E-state index is 12.8. The van der Waals surface area contributed by atoms with Crippen molar-refractivity contribution >= 4 is 43.2 Å². The lowest BCUT2D eigenvalue weighted by Gasteiger charge is -2.21. The van der Waals surface area contributed by atoms with E-state index in [1.165, 1.54) is 6.07 Å². The Morgan fingerprint density at radius 1 is 1.08 bits per heavy atom. The monoisotopic (exact) mass is 408 g/mol. The Morgan fingerprint density at radius 3 is 2.54 bits per heavy atom. The quantitative estimate of drug-likeness (QED) is 0.811. The molecule has 0 atom stereocenters. The lowest BCUT2D eigenvalue weighted by Crippen LogP contribution is -2.23. The van der Waals surface area contributed by atoms with Gasteiger partial charge in [0.1, 0.15) is 4.90 Å². The zero-order valence-corrected chi connectivity index (χ0v) is 15.7. The van der Waals surface area contributed by atoms with E-state index in [1.807, 2.05) is 26.0 Å². The highest BCUT2D eigenvalue weighted by Crippen LogP contribution is 2.34. The molecule has 5 nitrogen and oxygen atoms in total. The highest BCUT2D eigenvalue weighted by molar-refractivity contribution is 9.10. The van der Waals surface area contributed by atoms with Crippen molar-refractivity contribution in [1.82, 2.24) is 0 Å². The minimum atomic E-state index is -3.83. The number of amides is 1. The Hall–Kier alpha value is -1.86. The summed E-state index contributed by atoms with van der Waals surface area (Å²) in [5, 5.41) is 2.69. The Labute approximate surface area is 149 Å². The molecule has 0 saturated heterocycles. The van der Waals surface area contributed by atoms with Crippen LogP contribution in [0.25, 0.3) is 0 Å². The fourth-order valence-corrected chi connectivity index (χ4v) is 4.59. The Morgan fingerprint density at radius 2 is 1.83 bits per heavy atom. The van der Waals surface area contributed by atoms with Gasteiger partial charge in [0.2, 0.25) is 5.91 Å². The summed E-state index contributed by atoms with van der Waals surface area (Å²) < 4.78 is 29.0. The van der Waals surface area contributed by atoms with Crippen LogP contribution in [-0.4, -0.2) is 14.3 Å².